The molecule has 0 aromatic heterocycles. The summed E-state index contributed by atoms with van der Waals surface area (Å²) in [5.74, 6) is 1.09. The van der Waals surface area contributed by atoms with Gasteiger partial charge in [0, 0.05) is 24.7 Å². The molecule has 0 spiro atoms. The van der Waals surface area contributed by atoms with Crippen molar-refractivity contribution in [3.63, 3.8) is 0 Å². The Bertz CT molecular complexity index is 493. The fourth-order valence-corrected chi connectivity index (χ4v) is 5.64. The molecule has 2 aliphatic carbocycles. The van der Waals surface area contributed by atoms with E-state index in [1.807, 2.05) is 0 Å². The lowest BCUT2D eigenvalue weighted by Gasteiger charge is -2.47. The third-order valence-electron chi connectivity index (χ3n) is 6.79. The highest BCUT2D eigenvalue weighted by atomic mass is 16.2. The van der Waals surface area contributed by atoms with Gasteiger partial charge in [-0.05, 0) is 44.4 Å². The van der Waals surface area contributed by atoms with Gasteiger partial charge in [0.2, 0.25) is 11.8 Å². The minimum absolute atomic E-state index is 0.0973. The van der Waals surface area contributed by atoms with Crippen molar-refractivity contribution in [2.24, 2.45) is 5.92 Å². The van der Waals surface area contributed by atoms with Crippen LogP contribution < -0.4 is 5.32 Å². The Morgan fingerprint density at radius 2 is 1.67 bits per heavy atom. The van der Waals surface area contributed by atoms with Gasteiger partial charge in [-0.2, -0.15) is 0 Å². The van der Waals surface area contributed by atoms with E-state index < -0.39 is 0 Å². The van der Waals surface area contributed by atoms with Crippen LogP contribution in [0.15, 0.2) is 0 Å². The molecule has 4 rings (SSSR count). The fourth-order valence-electron chi connectivity index (χ4n) is 5.64. The first-order valence-electron chi connectivity index (χ1n) is 10.1. The zero-order valence-electron chi connectivity index (χ0n) is 14.7. The van der Waals surface area contributed by atoms with Crippen LogP contribution >= 0.6 is 0 Å². The van der Waals surface area contributed by atoms with Gasteiger partial charge in [-0.3, -0.25) is 14.5 Å². The molecule has 134 valence electrons. The summed E-state index contributed by atoms with van der Waals surface area (Å²) in [6, 6.07) is 1.10. The summed E-state index contributed by atoms with van der Waals surface area (Å²) in [7, 11) is 0. The van der Waals surface area contributed by atoms with Crippen LogP contribution in [0.25, 0.3) is 0 Å². The van der Waals surface area contributed by atoms with Crippen LogP contribution in [0.4, 0.5) is 0 Å². The van der Waals surface area contributed by atoms with Crippen molar-refractivity contribution in [1.82, 2.24) is 15.1 Å². The van der Waals surface area contributed by atoms with Crippen LogP contribution in [0.2, 0.25) is 0 Å². The first kappa shape index (κ1) is 16.4. The lowest BCUT2D eigenvalue weighted by Crippen LogP contribution is -2.63. The van der Waals surface area contributed by atoms with Crippen molar-refractivity contribution >= 4 is 11.8 Å². The third kappa shape index (κ3) is 3.19. The first-order chi connectivity index (χ1) is 11.7. The van der Waals surface area contributed by atoms with Gasteiger partial charge in [0.05, 0.1) is 13.1 Å². The molecular formula is C19H31N3O2. The summed E-state index contributed by atoms with van der Waals surface area (Å²) in [4.78, 5) is 29.4. The second-order valence-corrected chi connectivity index (χ2v) is 8.27. The Labute approximate surface area is 145 Å². The van der Waals surface area contributed by atoms with Crippen LogP contribution in [-0.4, -0.2) is 59.4 Å². The van der Waals surface area contributed by atoms with Crippen LogP contribution in [0, 0.1) is 5.92 Å². The molecule has 0 bridgehead atoms. The average molecular weight is 333 g/mol. The predicted octanol–water partition coefficient (Wildman–Crippen LogP) is 1.91. The molecular weight excluding hydrogens is 302 g/mol. The molecule has 2 aliphatic heterocycles. The molecule has 24 heavy (non-hydrogen) atoms. The number of rotatable bonds is 2. The molecule has 4 fully saturated rings. The van der Waals surface area contributed by atoms with Crippen molar-refractivity contribution in [3.8, 4) is 0 Å². The number of nitrogens with zero attached hydrogens (tertiary/aromatic N) is 2. The van der Waals surface area contributed by atoms with Crippen LogP contribution in [-0.2, 0) is 9.59 Å². The Morgan fingerprint density at radius 3 is 2.54 bits per heavy atom. The van der Waals surface area contributed by atoms with Crippen molar-refractivity contribution < 1.29 is 9.59 Å². The highest BCUT2D eigenvalue weighted by Crippen LogP contribution is 2.35. The molecule has 4 atom stereocenters. The lowest BCUT2D eigenvalue weighted by molar-refractivity contribution is -0.142. The van der Waals surface area contributed by atoms with Gasteiger partial charge in [0.25, 0.3) is 0 Å². The van der Waals surface area contributed by atoms with Crippen LogP contribution in [0.3, 0.4) is 0 Å². The number of likely N-dealkylation sites (tertiary alicyclic amines) is 1. The average Bonchev–Trinajstić information content (AvgIpc) is 2.61. The molecule has 0 aromatic carbocycles. The number of carbonyl (C=O) groups is 2. The van der Waals surface area contributed by atoms with E-state index in [0.29, 0.717) is 25.2 Å². The number of nitrogens with one attached hydrogen (secondary N) is 1. The summed E-state index contributed by atoms with van der Waals surface area (Å²) in [6.45, 7) is 1.76. The number of hydrogen-bond donors (Lipinski definition) is 1. The quantitative estimate of drug-likeness (QED) is 0.840. The van der Waals surface area contributed by atoms with E-state index in [9.17, 15) is 9.59 Å². The highest BCUT2D eigenvalue weighted by Gasteiger charge is 2.40. The summed E-state index contributed by atoms with van der Waals surface area (Å²) >= 11 is 0. The van der Waals surface area contributed by atoms with Crippen molar-refractivity contribution in [2.45, 2.75) is 82.3 Å². The van der Waals surface area contributed by atoms with Crippen LogP contribution in [0.5, 0.6) is 0 Å². The molecule has 0 radical (unpaired) electrons. The zero-order valence-corrected chi connectivity index (χ0v) is 14.7. The smallest absolute Gasteiger partial charge is 0.237 e. The molecule has 1 N–H and O–H groups in total. The maximum atomic E-state index is 13.1. The maximum Gasteiger partial charge on any atom is 0.237 e. The number of hydrogen-bond acceptors (Lipinski definition) is 3. The molecule has 2 heterocycles. The van der Waals surface area contributed by atoms with Crippen molar-refractivity contribution in [3.05, 3.63) is 0 Å². The maximum absolute atomic E-state index is 13.1. The van der Waals surface area contributed by atoms with E-state index in [4.69, 9.17) is 0 Å². The Kier molecular flexibility index (Phi) is 4.79. The third-order valence-corrected chi connectivity index (χ3v) is 6.79. The van der Waals surface area contributed by atoms with E-state index in [1.54, 1.807) is 0 Å². The van der Waals surface area contributed by atoms with E-state index in [2.05, 4.69) is 15.1 Å². The highest BCUT2D eigenvalue weighted by molar-refractivity contribution is 5.82. The zero-order chi connectivity index (χ0) is 16.5. The van der Waals surface area contributed by atoms with E-state index in [0.717, 1.165) is 31.7 Å². The largest absolute Gasteiger partial charge is 0.351 e. The van der Waals surface area contributed by atoms with E-state index in [-0.39, 0.29) is 17.9 Å². The number of piperidine rings is 1. The van der Waals surface area contributed by atoms with E-state index in [1.165, 1.54) is 44.9 Å². The second kappa shape index (κ2) is 7.03. The normalized spacial score (nSPS) is 37.3. The van der Waals surface area contributed by atoms with Gasteiger partial charge in [-0.15, -0.1) is 0 Å². The van der Waals surface area contributed by atoms with Gasteiger partial charge in [0.1, 0.15) is 0 Å². The first-order valence-corrected chi connectivity index (χ1v) is 10.1. The van der Waals surface area contributed by atoms with Crippen LogP contribution in [0.1, 0.15) is 64.2 Å². The van der Waals surface area contributed by atoms with Gasteiger partial charge in [-0.1, -0.05) is 25.7 Å². The molecule has 4 aliphatic rings. The summed E-state index contributed by atoms with van der Waals surface area (Å²) in [5.41, 5.74) is 0. The Morgan fingerprint density at radius 1 is 0.958 bits per heavy atom. The molecule has 5 heteroatoms. The SMILES string of the molecule is O=C1CN(CC(=O)N2CCCC3CCCCC32)C2CCCCC2N1. The topological polar surface area (TPSA) is 52.7 Å². The number of piperazine rings is 1. The number of carbonyl (C=O) groups excluding carboxylic acids is 2. The minimum Gasteiger partial charge on any atom is -0.351 e. The standard InChI is InChI=1S/C19H31N3O2/c23-18-12-21(17-10-4-2-8-15(17)20-18)13-19(24)22-11-5-7-14-6-1-3-9-16(14)22/h14-17H,1-13H2,(H,20,23). The lowest BCUT2D eigenvalue weighted by atomic mass is 9.78. The number of fused-ring (bicyclic) bond motifs is 2. The Hall–Kier alpha value is -1.10. The van der Waals surface area contributed by atoms with Gasteiger partial charge in [-0.25, -0.2) is 0 Å². The molecule has 5 nitrogen and oxygen atoms in total. The second-order valence-electron chi connectivity index (χ2n) is 8.27. The monoisotopic (exact) mass is 333 g/mol. The van der Waals surface area contributed by atoms with Gasteiger partial charge < -0.3 is 10.2 Å². The van der Waals surface area contributed by atoms with Crippen molar-refractivity contribution in [2.75, 3.05) is 19.6 Å². The van der Waals surface area contributed by atoms with Gasteiger partial charge in [0.15, 0.2) is 0 Å². The summed E-state index contributed by atoms with van der Waals surface area (Å²) in [5, 5.41) is 3.14. The molecule has 2 saturated heterocycles. The summed E-state index contributed by atoms with van der Waals surface area (Å²) in [6.07, 6.45) is 12.1. The molecule has 4 unspecified atom stereocenters. The van der Waals surface area contributed by atoms with E-state index >= 15 is 0 Å². The van der Waals surface area contributed by atoms with Gasteiger partial charge >= 0.3 is 0 Å². The summed E-state index contributed by atoms with van der Waals surface area (Å²) < 4.78 is 0. The number of amides is 2. The molecule has 2 amide bonds. The minimum atomic E-state index is 0.0973. The molecule has 0 aromatic rings. The molecule has 2 saturated carbocycles. The fraction of sp³-hybridized carbons (Fsp3) is 0.895. The predicted molar refractivity (Wildman–Crippen MR) is 92.5 cm³/mol. The Balaban J connectivity index is 1.43. The van der Waals surface area contributed by atoms with Crippen molar-refractivity contribution in [1.29, 1.82) is 0 Å².